The average molecular weight is 297 g/mol. The van der Waals surface area contributed by atoms with E-state index in [4.69, 9.17) is 13.6 Å². The van der Waals surface area contributed by atoms with Crippen LogP contribution in [0.4, 0.5) is 0 Å². The van der Waals surface area contributed by atoms with Crippen molar-refractivity contribution in [3.8, 4) is 0 Å². The third-order valence-corrected chi connectivity index (χ3v) is 5.24. The van der Waals surface area contributed by atoms with Crippen LogP contribution in [-0.2, 0) is 24.8 Å². The molecule has 1 heterocycles. The minimum atomic E-state index is -1.98. The summed E-state index contributed by atoms with van der Waals surface area (Å²) in [5.41, 5.74) is 0.449. The van der Waals surface area contributed by atoms with Gasteiger partial charge in [0.25, 0.3) is 0 Å². The summed E-state index contributed by atoms with van der Waals surface area (Å²) in [6.45, 7) is 6.95. The van der Waals surface area contributed by atoms with E-state index in [0.717, 1.165) is 0 Å². The van der Waals surface area contributed by atoms with Gasteiger partial charge in [-0.25, -0.2) is 0 Å². The maximum Gasteiger partial charge on any atom is 0.363 e. The highest BCUT2D eigenvalue weighted by molar-refractivity contribution is 6.46. The maximum atomic E-state index is 11.9. The van der Waals surface area contributed by atoms with E-state index in [1.165, 1.54) is 0 Å². The molecule has 0 saturated heterocycles. The molecule has 0 aliphatic carbocycles. The monoisotopic (exact) mass is 297 g/mol. The van der Waals surface area contributed by atoms with Gasteiger partial charge in [0.15, 0.2) is 0 Å². The molecule has 5 nitrogen and oxygen atoms in total. The fourth-order valence-corrected chi connectivity index (χ4v) is 3.61. The first-order chi connectivity index (χ1) is 9.71. The van der Waals surface area contributed by atoms with Crippen molar-refractivity contribution in [3.63, 3.8) is 0 Å². The molecule has 0 fully saturated rings. The molecule has 0 aromatic carbocycles. The minimum Gasteiger partial charge on any atom is -0.460 e. The molecule has 0 aliphatic rings. The number of nitrogens with zero attached hydrogens (tertiary/aromatic N) is 1. The van der Waals surface area contributed by atoms with Gasteiger partial charge in [0.05, 0.1) is 12.1 Å². The zero-order valence-electron chi connectivity index (χ0n) is 12.4. The Kier molecular flexibility index (Phi) is 8.09. The molecule has 1 atom stereocenters. The summed E-state index contributed by atoms with van der Waals surface area (Å²) in [7, 11) is -1.98. The van der Waals surface area contributed by atoms with Crippen LogP contribution >= 0.6 is 0 Å². The van der Waals surface area contributed by atoms with Crippen LogP contribution in [0, 0.1) is 0 Å². The van der Waals surface area contributed by atoms with Crippen molar-refractivity contribution >= 4 is 15.3 Å². The summed E-state index contributed by atoms with van der Waals surface area (Å²) >= 11 is 0. The minimum absolute atomic E-state index is 0.177. The second-order valence-corrected chi connectivity index (χ2v) is 6.36. The summed E-state index contributed by atoms with van der Waals surface area (Å²) in [4.78, 5) is 16.1. The van der Waals surface area contributed by atoms with E-state index in [2.05, 4.69) is 4.98 Å². The van der Waals surface area contributed by atoms with E-state index in [-0.39, 0.29) is 18.1 Å². The lowest BCUT2D eigenvalue weighted by Crippen LogP contribution is -2.40. The zero-order chi connectivity index (χ0) is 14.8. The number of hydrogen-bond acceptors (Lipinski definition) is 5. The van der Waals surface area contributed by atoms with Gasteiger partial charge in [-0.3, -0.25) is 9.78 Å². The Balaban J connectivity index is 2.55. The van der Waals surface area contributed by atoms with E-state index in [9.17, 15) is 4.79 Å². The number of ether oxygens (including phenoxy) is 1. The maximum absolute atomic E-state index is 11.9. The number of pyridine rings is 1. The number of esters is 1. The molecule has 1 rings (SSSR count). The van der Waals surface area contributed by atoms with E-state index < -0.39 is 9.28 Å². The molecule has 0 spiro atoms. The smallest absolute Gasteiger partial charge is 0.363 e. The molecule has 1 aromatic rings. The Labute approximate surface area is 122 Å². The van der Waals surface area contributed by atoms with Gasteiger partial charge in [-0.1, -0.05) is 13.0 Å². The standard InChI is InChI=1S/C14H23NO4Si/c1-4-14(20(17-5-2)18-6-3)19-13(16)11-12-9-7-8-10-15-12/h7-10,14,20H,4-6,11H2,1-3H3. The summed E-state index contributed by atoms with van der Waals surface area (Å²) in [5.74, 6) is -0.285. The van der Waals surface area contributed by atoms with Crippen molar-refractivity contribution in [2.75, 3.05) is 13.2 Å². The third-order valence-electron chi connectivity index (χ3n) is 2.70. The molecule has 1 aromatic heterocycles. The van der Waals surface area contributed by atoms with Gasteiger partial charge in [0, 0.05) is 19.4 Å². The van der Waals surface area contributed by atoms with Crippen LogP contribution in [0.2, 0.25) is 0 Å². The molecule has 0 N–H and O–H groups in total. The second-order valence-electron chi connectivity index (χ2n) is 4.21. The number of aromatic nitrogens is 1. The molecular formula is C14H23NO4Si. The van der Waals surface area contributed by atoms with Crippen LogP contribution in [0.5, 0.6) is 0 Å². The van der Waals surface area contributed by atoms with Gasteiger partial charge < -0.3 is 13.6 Å². The van der Waals surface area contributed by atoms with Crippen molar-refractivity contribution in [2.45, 2.75) is 39.3 Å². The molecule has 1 unspecified atom stereocenters. The molecule has 20 heavy (non-hydrogen) atoms. The van der Waals surface area contributed by atoms with Crippen LogP contribution in [-0.4, -0.2) is 39.2 Å². The Morgan fingerprint density at radius 1 is 1.25 bits per heavy atom. The molecule has 0 bridgehead atoms. The quantitative estimate of drug-likeness (QED) is 0.514. The largest absolute Gasteiger partial charge is 0.460 e. The summed E-state index contributed by atoms with van der Waals surface area (Å²) in [6, 6.07) is 5.48. The van der Waals surface area contributed by atoms with Gasteiger partial charge in [-0.2, -0.15) is 0 Å². The van der Waals surface area contributed by atoms with E-state index in [0.29, 0.717) is 25.3 Å². The Morgan fingerprint density at radius 3 is 2.45 bits per heavy atom. The van der Waals surface area contributed by atoms with Crippen LogP contribution < -0.4 is 0 Å². The number of hydrogen-bond donors (Lipinski definition) is 0. The highest BCUT2D eigenvalue weighted by atomic mass is 28.3. The van der Waals surface area contributed by atoms with E-state index in [1.807, 2.05) is 39.0 Å². The molecule has 112 valence electrons. The van der Waals surface area contributed by atoms with Crippen molar-refractivity contribution in [3.05, 3.63) is 30.1 Å². The number of rotatable bonds is 9. The molecular weight excluding hydrogens is 274 g/mol. The summed E-state index contributed by atoms with van der Waals surface area (Å²) in [5, 5.41) is 0. The topological polar surface area (TPSA) is 57.7 Å². The first-order valence-corrected chi connectivity index (χ1v) is 8.64. The lowest BCUT2D eigenvalue weighted by Gasteiger charge is -2.23. The first-order valence-electron chi connectivity index (χ1n) is 7.03. The van der Waals surface area contributed by atoms with Crippen LogP contribution in [0.1, 0.15) is 32.9 Å². The van der Waals surface area contributed by atoms with Gasteiger partial charge >= 0.3 is 15.3 Å². The van der Waals surface area contributed by atoms with Gasteiger partial charge in [-0.15, -0.1) is 0 Å². The first kappa shape index (κ1) is 16.8. The fourth-order valence-electron chi connectivity index (χ4n) is 1.78. The second kappa shape index (κ2) is 9.63. The predicted molar refractivity (Wildman–Crippen MR) is 78.5 cm³/mol. The van der Waals surface area contributed by atoms with Gasteiger partial charge in [0.1, 0.15) is 5.73 Å². The molecule has 0 radical (unpaired) electrons. The van der Waals surface area contributed by atoms with Crippen molar-refractivity contribution < 1.29 is 18.4 Å². The molecule has 0 saturated carbocycles. The third kappa shape index (κ3) is 5.81. The fraction of sp³-hybridized carbons (Fsp3) is 0.571. The molecule has 6 heteroatoms. The normalized spacial score (nSPS) is 12.4. The van der Waals surface area contributed by atoms with Gasteiger partial charge in [0.2, 0.25) is 0 Å². The lowest BCUT2D eigenvalue weighted by atomic mass is 10.3. The molecule has 0 amide bonds. The summed E-state index contributed by atoms with van der Waals surface area (Å²) < 4.78 is 16.7. The average Bonchev–Trinajstić information content (AvgIpc) is 2.45. The van der Waals surface area contributed by atoms with Crippen LogP contribution in [0.3, 0.4) is 0 Å². The molecule has 0 aliphatic heterocycles. The predicted octanol–water partition coefficient (Wildman–Crippen LogP) is 1.78. The van der Waals surface area contributed by atoms with Gasteiger partial charge in [-0.05, 0) is 32.4 Å². The highest BCUT2D eigenvalue weighted by Crippen LogP contribution is 2.09. The van der Waals surface area contributed by atoms with Crippen molar-refractivity contribution in [1.29, 1.82) is 0 Å². The Bertz CT molecular complexity index is 382. The number of carbonyl (C=O) groups is 1. The summed E-state index contributed by atoms with van der Waals surface area (Å²) in [6.07, 6.45) is 2.54. The Morgan fingerprint density at radius 2 is 1.95 bits per heavy atom. The van der Waals surface area contributed by atoms with Crippen molar-refractivity contribution in [1.82, 2.24) is 4.98 Å². The highest BCUT2D eigenvalue weighted by Gasteiger charge is 2.28. The van der Waals surface area contributed by atoms with Crippen LogP contribution in [0.25, 0.3) is 0 Å². The van der Waals surface area contributed by atoms with Crippen molar-refractivity contribution in [2.24, 2.45) is 0 Å². The zero-order valence-corrected chi connectivity index (χ0v) is 13.5. The Hall–Kier alpha value is -1.24. The van der Waals surface area contributed by atoms with Crippen LogP contribution in [0.15, 0.2) is 24.4 Å². The number of carbonyl (C=O) groups excluding carboxylic acids is 1. The van der Waals surface area contributed by atoms with E-state index in [1.54, 1.807) is 6.20 Å². The SMILES string of the molecule is CCO[SiH](OCC)C(CC)OC(=O)Cc1ccccn1. The lowest BCUT2D eigenvalue weighted by molar-refractivity contribution is -0.146. The van der Waals surface area contributed by atoms with E-state index >= 15 is 0 Å².